The molecule has 5 nitrogen and oxygen atoms in total. The van der Waals surface area contributed by atoms with Crippen molar-refractivity contribution in [1.29, 1.82) is 0 Å². The van der Waals surface area contributed by atoms with Crippen LogP contribution >= 0.6 is 11.3 Å². The lowest BCUT2D eigenvalue weighted by Gasteiger charge is -2.25. The fourth-order valence-electron chi connectivity index (χ4n) is 2.71. The maximum Gasteiger partial charge on any atom is 0.317 e. The Morgan fingerprint density at radius 3 is 3.00 bits per heavy atom. The van der Waals surface area contributed by atoms with Crippen LogP contribution < -0.4 is 5.32 Å². The number of amides is 2. The molecular weight excluding hydrogens is 286 g/mol. The number of carbonyl (C=O) groups excluding carboxylic acids is 1. The second-order valence-electron chi connectivity index (χ2n) is 5.95. The monoisotopic (exact) mass is 309 g/mol. The molecule has 1 aliphatic carbocycles. The molecule has 2 aliphatic rings. The number of urea groups is 1. The fraction of sp³-hybridized carbons (Fsp3) is 0.733. The number of ether oxygens (including phenoxy) is 1. The number of thiazole rings is 1. The van der Waals surface area contributed by atoms with Crippen molar-refractivity contribution in [3.63, 3.8) is 0 Å². The maximum atomic E-state index is 12.4. The molecule has 1 aromatic rings. The van der Waals surface area contributed by atoms with Crippen LogP contribution in [0.4, 0.5) is 4.79 Å². The summed E-state index contributed by atoms with van der Waals surface area (Å²) in [5.41, 5.74) is 1.07. The summed E-state index contributed by atoms with van der Waals surface area (Å²) < 4.78 is 5.41. The highest BCUT2D eigenvalue weighted by molar-refractivity contribution is 7.09. The Bertz CT molecular complexity index is 481. The Morgan fingerprint density at radius 2 is 2.38 bits per heavy atom. The lowest BCUT2D eigenvalue weighted by molar-refractivity contribution is 0.162. The molecule has 1 aromatic heterocycles. The first-order chi connectivity index (χ1) is 10.2. The average molecular weight is 309 g/mol. The molecule has 0 radical (unpaired) electrons. The third-order valence-electron chi connectivity index (χ3n) is 4.05. The summed E-state index contributed by atoms with van der Waals surface area (Å²) in [6.45, 7) is 5.15. The van der Waals surface area contributed by atoms with Gasteiger partial charge in [0.15, 0.2) is 0 Å². The van der Waals surface area contributed by atoms with Gasteiger partial charge in [0.25, 0.3) is 0 Å². The molecule has 0 spiro atoms. The van der Waals surface area contributed by atoms with E-state index in [4.69, 9.17) is 4.74 Å². The summed E-state index contributed by atoms with van der Waals surface area (Å²) in [6, 6.07) is 0.531. The minimum atomic E-state index is 0.0800. The van der Waals surface area contributed by atoms with Crippen molar-refractivity contribution in [1.82, 2.24) is 15.2 Å². The van der Waals surface area contributed by atoms with Crippen molar-refractivity contribution < 1.29 is 9.53 Å². The first-order valence-electron chi connectivity index (χ1n) is 7.75. The minimum Gasteiger partial charge on any atom is -0.381 e. The zero-order valence-corrected chi connectivity index (χ0v) is 13.3. The molecule has 0 aromatic carbocycles. The highest BCUT2D eigenvalue weighted by Crippen LogP contribution is 2.28. The van der Waals surface area contributed by atoms with Gasteiger partial charge in [0.1, 0.15) is 0 Å². The van der Waals surface area contributed by atoms with Crippen LogP contribution in [0, 0.1) is 12.8 Å². The SMILES string of the molecule is Cc1nc(CCNC(=O)N(CC2CCOC2)C2CC2)cs1. The molecule has 21 heavy (non-hydrogen) atoms. The van der Waals surface area contributed by atoms with Gasteiger partial charge < -0.3 is 15.0 Å². The number of hydrogen-bond acceptors (Lipinski definition) is 4. The van der Waals surface area contributed by atoms with Gasteiger partial charge in [-0.1, -0.05) is 0 Å². The quantitative estimate of drug-likeness (QED) is 0.876. The van der Waals surface area contributed by atoms with Crippen LogP contribution in [0.1, 0.15) is 30.0 Å². The zero-order chi connectivity index (χ0) is 14.7. The van der Waals surface area contributed by atoms with Gasteiger partial charge in [-0.25, -0.2) is 9.78 Å². The maximum absolute atomic E-state index is 12.4. The van der Waals surface area contributed by atoms with Crippen LogP contribution in [-0.4, -0.2) is 48.3 Å². The largest absolute Gasteiger partial charge is 0.381 e. The summed E-state index contributed by atoms with van der Waals surface area (Å²) in [4.78, 5) is 18.8. The Balaban J connectivity index is 1.45. The van der Waals surface area contributed by atoms with Gasteiger partial charge in [0.2, 0.25) is 0 Å². The van der Waals surface area contributed by atoms with Gasteiger partial charge in [-0.15, -0.1) is 11.3 Å². The third-order valence-corrected chi connectivity index (χ3v) is 4.87. The number of aromatic nitrogens is 1. The zero-order valence-electron chi connectivity index (χ0n) is 12.5. The second-order valence-corrected chi connectivity index (χ2v) is 7.02. The smallest absolute Gasteiger partial charge is 0.317 e. The van der Waals surface area contributed by atoms with Crippen molar-refractivity contribution >= 4 is 17.4 Å². The molecule has 1 aliphatic heterocycles. The van der Waals surface area contributed by atoms with Gasteiger partial charge in [-0.05, 0) is 26.2 Å². The Kier molecular flexibility index (Phi) is 4.75. The number of nitrogens with zero attached hydrogens (tertiary/aromatic N) is 2. The van der Waals surface area contributed by atoms with E-state index in [1.54, 1.807) is 11.3 Å². The topological polar surface area (TPSA) is 54.5 Å². The molecule has 1 N–H and O–H groups in total. The van der Waals surface area contributed by atoms with Crippen LogP contribution in [0.5, 0.6) is 0 Å². The van der Waals surface area contributed by atoms with Gasteiger partial charge in [0, 0.05) is 43.5 Å². The van der Waals surface area contributed by atoms with E-state index in [9.17, 15) is 4.79 Å². The molecule has 1 saturated carbocycles. The van der Waals surface area contributed by atoms with Crippen molar-refractivity contribution in [2.75, 3.05) is 26.3 Å². The van der Waals surface area contributed by atoms with Crippen molar-refractivity contribution in [2.24, 2.45) is 5.92 Å². The van der Waals surface area contributed by atoms with E-state index in [0.29, 0.717) is 18.5 Å². The average Bonchev–Trinajstić information content (AvgIpc) is 3.01. The van der Waals surface area contributed by atoms with Crippen LogP contribution in [0.2, 0.25) is 0 Å². The molecule has 2 amide bonds. The predicted octanol–water partition coefficient (Wildman–Crippen LogP) is 2.20. The van der Waals surface area contributed by atoms with E-state index in [2.05, 4.69) is 15.7 Å². The van der Waals surface area contributed by atoms with Crippen LogP contribution in [-0.2, 0) is 11.2 Å². The van der Waals surface area contributed by atoms with E-state index >= 15 is 0 Å². The molecule has 2 fully saturated rings. The van der Waals surface area contributed by atoms with Crippen LogP contribution in [0.25, 0.3) is 0 Å². The summed E-state index contributed by atoms with van der Waals surface area (Å²) in [5.74, 6) is 0.512. The number of hydrogen-bond donors (Lipinski definition) is 1. The van der Waals surface area contributed by atoms with Crippen molar-refractivity contribution in [2.45, 2.75) is 38.6 Å². The Labute approximate surface area is 129 Å². The number of rotatable bonds is 6. The number of carbonyl (C=O) groups is 1. The van der Waals surface area contributed by atoms with E-state index < -0.39 is 0 Å². The molecule has 2 heterocycles. The molecule has 1 saturated heterocycles. The highest BCUT2D eigenvalue weighted by atomic mass is 32.1. The van der Waals surface area contributed by atoms with Crippen LogP contribution in [0.15, 0.2) is 5.38 Å². The molecule has 116 valence electrons. The Hall–Kier alpha value is -1.14. The molecule has 1 unspecified atom stereocenters. The van der Waals surface area contributed by atoms with Crippen molar-refractivity contribution in [3.05, 3.63) is 16.1 Å². The first-order valence-corrected chi connectivity index (χ1v) is 8.63. The highest BCUT2D eigenvalue weighted by Gasteiger charge is 2.34. The van der Waals surface area contributed by atoms with E-state index in [1.165, 1.54) is 0 Å². The van der Waals surface area contributed by atoms with E-state index in [0.717, 1.165) is 56.1 Å². The number of nitrogens with one attached hydrogen (secondary N) is 1. The van der Waals surface area contributed by atoms with Gasteiger partial charge >= 0.3 is 6.03 Å². The summed E-state index contributed by atoms with van der Waals surface area (Å²) in [6.07, 6.45) is 4.17. The standard InChI is InChI=1S/C15H23N3O2S/c1-11-17-13(10-21-11)4-6-16-15(19)18(14-2-3-14)8-12-5-7-20-9-12/h10,12,14H,2-9H2,1H3,(H,16,19). The van der Waals surface area contributed by atoms with Crippen LogP contribution in [0.3, 0.4) is 0 Å². The Morgan fingerprint density at radius 1 is 1.52 bits per heavy atom. The summed E-state index contributed by atoms with van der Waals surface area (Å²) >= 11 is 1.66. The first kappa shape index (κ1) is 14.8. The molecule has 6 heteroatoms. The lowest BCUT2D eigenvalue weighted by Crippen LogP contribution is -2.44. The summed E-state index contributed by atoms with van der Waals surface area (Å²) in [7, 11) is 0. The molecular formula is C15H23N3O2S. The molecule has 3 rings (SSSR count). The molecule has 1 atom stereocenters. The van der Waals surface area contributed by atoms with Gasteiger partial charge in [-0.2, -0.15) is 0 Å². The summed E-state index contributed by atoms with van der Waals surface area (Å²) in [5, 5.41) is 6.19. The number of aryl methyl sites for hydroxylation is 1. The fourth-order valence-corrected chi connectivity index (χ4v) is 3.36. The van der Waals surface area contributed by atoms with Crippen molar-refractivity contribution in [3.8, 4) is 0 Å². The lowest BCUT2D eigenvalue weighted by atomic mass is 10.1. The van der Waals surface area contributed by atoms with E-state index in [-0.39, 0.29) is 6.03 Å². The molecule has 0 bridgehead atoms. The minimum absolute atomic E-state index is 0.0800. The van der Waals surface area contributed by atoms with Gasteiger partial charge in [-0.3, -0.25) is 0 Å². The normalized spacial score (nSPS) is 21.5. The van der Waals surface area contributed by atoms with Gasteiger partial charge in [0.05, 0.1) is 17.3 Å². The van der Waals surface area contributed by atoms with E-state index in [1.807, 2.05) is 11.8 Å². The third kappa shape index (κ3) is 4.17. The predicted molar refractivity (Wildman–Crippen MR) is 82.6 cm³/mol. The second kappa shape index (κ2) is 6.75.